The van der Waals surface area contributed by atoms with Crippen molar-refractivity contribution in [2.45, 2.75) is 6.54 Å². The summed E-state index contributed by atoms with van der Waals surface area (Å²) in [6.07, 6.45) is 4.53. The van der Waals surface area contributed by atoms with Crippen molar-refractivity contribution in [3.05, 3.63) is 64.5 Å². The number of nitrogens with zero attached hydrogens (tertiary/aromatic N) is 4. The van der Waals surface area contributed by atoms with E-state index in [4.69, 9.17) is 5.11 Å². The van der Waals surface area contributed by atoms with E-state index >= 15 is 0 Å². The highest BCUT2D eigenvalue weighted by Gasteiger charge is 2.08. The number of aromatic carboxylic acids is 1. The van der Waals surface area contributed by atoms with Gasteiger partial charge in [0.1, 0.15) is 0 Å². The van der Waals surface area contributed by atoms with Crippen LogP contribution in [-0.2, 0) is 6.54 Å². The molecule has 0 amide bonds. The molecule has 0 unspecified atom stereocenters. The van der Waals surface area contributed by atoms with E-state index in [-0.39, 0.29) is 17.8 Å². The molecule has 0 aliphatic heterocycles. The van der Waals surface area contributed by atoms with Gasteiger partial charge in [-0.15, -0.1) is 5.10 Å². The number of rotatable bonds is 3. The van der Waals surface area contributed by atoms with Gasteiger partial charge in [0, 0.05) is 12.4 Å². The van der Waals surface area contributed by atoms with Gasteiger partial charge < -0.3 is 5.11 Å². The van der Waals surface area contributed by atoms with E-state index in [9.17, 15) is 9.59 Å². The number of benzene rings is 1. The molecule has 0 atom stereocenters. The SMILES string of the molecule is O=C(O)c1cccc(Cn2nc3cnccn3c2=O)c1. The summed E-state index contributed by atoms with van der Waals surface area (Å²) < 4.78 is 2.66. The Morgan fingerprint density at radius 1 is 1.35 bits per heavy atom. The molecule has 0 fully saturated rings. The highest BCUT2D eigenvalue weighted by Crippen LogP contribution is 2.06. The summed E-state index contributed by atoms with van der Waals surface area (Å²) in [6.45, 7) is 0.210. The zero-order chi connectivity index (χ0) is 14.1. The Morgan fingerprint density at radius 3 is 2.95 bits per heavy atom. The van der Waals surface area contributed by atoms with E-state index in [2.05, 4.69) is 10.1 Å². The lowest BCUT2D eigenvalue weighted by atomic mass is 10.1. The lowest BCUT2D eigenvalue weighted by molar-refractivity contribution is 0.0696. The molecule has 0 saturated carbocycles. The summed E-state index contributed by atoms with van der Waals surface area (Å²) in [5.41, 5.74) is 1.04. The second-order valence-corrected chi connectivity index (χ2v) is 4.25. The molecule has 2 heterocycles. The fraction of sp³-hybridized carbons (Fsp3) is 0.0769. The van der Waals surface area contributed by atoms with Gasteiger partial charge in [0.05, 0.1) is 18.3 Å². The van der Waals surface area contributed by atoms with Gasteiger partial charge in [-0.1, -0.05) is 12.1 Å². The van der Waals surface area contributed by atoms with Crippen LogP contribution in [0.1, 0.15) is 15.9 Å². The van der Waals surface area contributed by atoms with Crippen molar-refractivity contribution in [1.29, 1.82) is 0 Å². The molecular weight excluding hydrogens is 260 g/mol. The number of fused-ring (bicyclic) bond motifs is 1. The molecule has 7 nitrogen and oxygen atoms in total. The average Bonchev–Trinajstić information content (AvgIpc) is 2.76. The molecule has 0 aliphatic carbocycles. The second kappa shape index (κ2) is 4.61. The van der Waals surface area contributed by atoms with Crippen LogP contribution in [0.25, 0.3) is 5.65 Å². The molecule has 7 heteroatoms. The van der Waals surface area contributed by atoms with Crippen LogP contribution in [0.4, 0.5) is 0 Å². The zero-order valence-electron chi connectivity index (χ0n) is 10.3. The van der Waals surface area contributed by atoms with E-state index in [0.29, 0.717) is 11.2 Å². The first-order chi connectivity index (χ1) is 9.65. The molecule has 3 rings (SSSR count). The van der Waals surface area contributed by atoms with Crippen LogP contribution in [-0.4, -0.2) is 30.2 Å². The normalized spacial score (nSPS) is 10.8. The van der Waals surface area contributed by atoms with E-state index in [1.165, 1.54) is 39.8 Å². The molecule has 1 N–H and O–H groups in total. The number of aromatic nitrogens is 4. The van der Waals surface area contributed by atoms with Crippen LogP contribution < -0.4 is 5.69 Å². The Balaban J connectivity index is 2.01. The highest BCUT2D eigenvalue weighted by molar-refractivity contribution is 5.87. The molecule has 0 spiro atoms. The van der Waals surface area contributed by atoms with Gasteiger partial charge in [-0.25, -0.2) is 18.7 Å². The molecule has 3 aromatic rings. The largest absolute Gasteiger partial charge is 0.478 e. The minimum Gasteiger partial charge on any atom is -0.478 e. The minimum atomic E-state index is -1.00. The molecule has 20 heavy (non-hydrogen) atoms. The Hall–Kier alpha value is -2.96. The number of carboxylic acids is 1. The summed E-state index contributed by atoms with van der Waals surface area (Å²) in [7, 11) is 0. The first-order valence-corrected chi connectivity index (χ1v) is 5.86. The molecule has 0 bridgehead atoms. The number of carbonyl (C=O) groups is 1. The number of hydrogen-bond donors (Lipinski definition) is 1. The van der Waals surface area contributed by atoms with E-state index in [0.717, 1.165) is 0 Å². The molecular formula is C13H10N4O3. The van der Waals surface area contributed by atoms with Crippen molar-refractivity contribution in [3.8, 4) is 0 Å². The first kappa shape index (κ1) is 12.1. The molecule has 0 radical (unpaired) electrons. The Morgan fingerprint density at radius 2 is 2.20 bits per heavy atom. The van der Waals surface area contributed by atoms with Gasteiger partial charge >= 0.3 is 11.7 Å². The predicted octanol–water partition coefficient (Wildman–Crippen LogP) is 0.637. The van der Waals surface area contributed by atoms with Gasteiger partial charge in [0.15, 0.2) is 5.65 Å². The van der Waals surface area contributed by atoms with Crippen LogP contribution >= 0.6 is 0 Å². The van der Waals surface area contributed by atoms with Crippen LogP contribution in [0.3, 0.4) is 0 Å². The zero-order valence-corrected chi connectivity index (χ0v) is 10.3. The predicted molar refractivity (Wildman–Crippen MR) is 69.8 cm³/mol. The van der Waals surface area contributed by atoms with Crippen molar-refractivity contribution in [1.82, 2.24) is 19.2 Å². The molecule has 100 valence electrons. The van der Waals surface area contributed by atoms with Crippen LogP contribution in [0.15, 0.2) is 47.7 Å². The smallest absolute Gasteiger partial charge is 0.350 e. The quantitative estimate of drug-likeness (QED) is 0.754. The summed E-state index contributed by atoms with van der Waals surface area (Å²) in [4.78, 5) is 26.9. The van der Waals surface area contributed by atoms with Crippen molar-refractivity contribution in [2.24, 2.45) is 0 Å². The van der Waals surface area contributed by atoms with E-state index in [1.54, 1.807) is 12.1 Å². The van der Waals surface area contributed by atoms with Gasteiger partial charge in [-0.3, -0.25) is 4.98 Å². The van der Waals surface area contributed by atoms with Crippen molar-refractivity contribution in [3.63, 3.8) is 0 Å². The van der Waals surface area contributed by atoms with Crippen molar-refractivity contribution in [2.75, 3.05) is 0 Å². The first-order valence-electron chi connectivity index (χ1n) is 5.86. The summed E-state index contributed by atoms with van der Waals surface area (Å²) in [6, 6.07) is 6.42. The monoisotopic (exact) mass is 270 g/mol. The van der Waals surface area contributed by atoms with Crippen LogP contribution in [0.5, 0.6) is 0 Å². The topological polar surface area (TPSA) is 89.5 Å². The van der Waals surface area contributed by atoms with Crippen LogP contribution in [0, 0.1) is 0 Å². The third kappa shape index (κ3) is 2.05. The van der Waals surface area contributed by atoms with Gasteiger partial charge in [0.25, 0.3) is 0 Å². The molecule has 0 aliphatic rings. The van der Waals surface area contributed by atoms with Crippen LogP contribution in [0.2, 0.25) is 0 Å². The van der Waals surface area contributed by atoms with Crippen molar-refractivity contribution < 1.29 is 9.90 Å². The van der Waals surface area contributed by atoms with Gasteiger partial charge in [-0.2, -0.15) is 0 Å². The fourth-order valence-corrected chi connectivity index (χ4v) is 1.96. The molecule has 1 aromatic carbocycles. The molecule has 0 saturated heterocycles. The molecule has 2 aromatic heterocycles. The maximum atomic E-state index is 12.1. The van der Waals surface area contributed by atoms with Gasteiger partial charge in [0.2, 0.25) is 0 Å². The summed E-state index contributed by atoms with van der Waals surface area (Å²) >= 11 is 0. The number of carboxylic acid groups (broad SMARTS) is 1. The van der Waals surface area contributed by atoms with Crippen molar-refractivity contribution >= 4 is 11.6 Å². The lowest BCUT2D eigenvalue weighted by Crippen LogP contribution is -2.21. The second-order valence-electron chi connectivity index (χ2n) is 4.25. The fourth-order valence-electron chi connectivity index (χ4n) is 1.96. The Kier molecular flexibility index (Phi) is 2.79. The van der Waals surface area contributed by atoms with E-state index < -0.39 is 5.97 Å². The maximum Gasteiger partial charge on any atom is 0.350 e. The lowest BCUT2D eigenvalue weighted by Gasteiger charge is -2.01. The van der Waals surface area contributed by atoms with Gasteiger partial charge in [-0.05, 0) is 17.7 Å². The number of hydrogen-bond acceptors (Lipinski definition) is 4. The summed E-state index contributed by atoms with van der Waals surface area (Å²) in [5.74, 6) is -1.00. The third-order valence-corrected chi connectivity index (χ3v) is 2.89. The standard InChI is InChI=1S/C13H10N4O3/c18-12(19)10-3-1-2-9(6-10)8-17-13(20)16-5-4-14-7-11(16)15-17/h1-7H,8H2,(H,18,19). The third-order valence-electron chi connectivity index (χ3n) is 2.89. The summed E-state index contributed by atoms with van der Waals surface area (Å²) in [5, 5.41) is 13.1. The Bertz CT molecular complexity index is 850. The highest BCUT2D eigenvalue weighted by atomic mass is 16.4. The minimum absolute atomic E-state index is 0.181. The maximum absolute atomic E-state index is 12.1. The van der Waals surface area contributed by atoms with E-state index in [1.807, 2.05) is 0 Å². The average molecular weight is 270 g/mol. The Labute approximate surface area is 112 Å².